The number of hydrogen-bond acceptors (Lipinski definition) is 6. The van der Waals surface area contributed by atoms with Crippen molar-refractivity contribution in [3.8, 4) is 11.5 Å². The Morgan fingerprint density at radius 2 is 1.91 bits per heavy atom. The van der Waals surface area contributed by atoms with Crippen LogP contribution in [0.5, 0.6) is 11.5 Å². The van der Waals surface area contributed by atoms with Gasteiger partial charge in [-0.05, 0) is 24.8 Å². The molecule has 0 unspecified atom stereocenters. The summed E-state index contributed by atoms with van der Waals surface area (Å²) >= 11 is 0. The predicted octanol–water partition coefficient (Wildman–Crippen LogP) is 2.54. The number of nitrogens with two attached hydrogens (primary N) is 1. The van der Waals surface area contributed by atoms with Gasteiger partial charge in [0.25, 0.3) is 5.69 Å². The van der Waals surface area contributed by atoms with Gasteiger partial charge in [0, 0.05) is 0 Å². The second kappa shape index (κ2) is 7.62. The van der Waals surface area contributed by atoms with E-state index in [1.807, 2.05) is 13.8 Å². The summed E-state index contributed by atoms with van der Waals surface area (Å²) in [7, 11) is 0. The van der Waals surface area contributed by atoms with Crippen molar-refractivity contribution in [2.24, 2.45) is 11.7 Å². The Labute approximate surface area is 135 Å². The highest BCUT2D eigenvalue weighted by molar-refractivity contribution is 5.85. The zero-order chi connectivity index (χ0) is 15.6. The monoisotopic (exact) mass is 332 g/mol. The largest absolute Gasteiger partial charge is 0.454 e. The van der Waals surface area contributed by atoms with E-state index in [0.717, 1.165) is 6.42 Å². The average molecular weight is 333 g/mol. The molecule has 1 heterocycles. The molecule has 0 spiro atoms. The first-order chi connectivity index (χ1) is 9.90. The Morgan fingerprint density at radius 3 is 2.45 bits per heavy atom. The maximum Gasteiger partial charge on any atom is 0.278 e. The molecule has 1 aliphatic rings. The highest BCUT2D eigenvalue weighted by atomic mass is 35.5. The summed E-state index contributed by atoms with van der Waals surface area (Å²) in [5.41, 5.74) is 6.11. The number of nitro groups is 1. The molecule has 0 amide bonds. The fourth-order valence-electron chi connectivity index (χ4n) is 2.26. The fourth-order valence-corrected chi connectivity index (χ4v) is 2.26. The maximum atomic E-state index is 11.2. The van der Waals surface area contributed by atoms with Crippen molar-refractivity contribution in [2.75, 3.05) is 6.79 Å². The van der Waals surface area contributed by atoms with E-state index in [1.165, 1.54) is 12.1 Å². The molecule has 0 aliphatic carbocycles. The molecule has 3 N–H and O–H groups in total. The summed E-state index contributed by atoms with van der Waals surface area (Å²) < 4.78 is 10.4. The zero-order valence-electron chi connectivity index (χ0n) is 12.5. The third-order valence-electron chi connectivity index (χ3n) is 3.53. The number of hydrogen-bond donors (Lipinski definition) is 2. The normalized spacial score (nSPS) is 15.3. The van der Waals surface area contributed by atoms with Crippen LogP contribution in [0.4, 0.5) is 5.69 Å². The topological polar surface area (TPSA) is 108 Å². The summed E-state index contributed by atoms with van der Waals surface area (Å²) in [6.07, 6.45) is 0.448. The molecule has 2 rings (SSSR count). The molecule has 0 saturated carbocycles. The van der Waals surface area contributed by atoms with Gasteiger partial charge in [-0.1, -0.05) is 13.8 Å². The van der Waals surface area contributed by atoms with Crippen LogP contribution in [0.3, 0.4) is 0 Å². The summed E-state index contributed by atoms with van der Waals surface area (Å²) in [4.78, 5) is 10.7. The number of ether oxygens (including phenoxy) is 2. The van der Waals surface area contributed by atoms with E-state index < -0.39 is 17.1 Å². The van der Waals surface area contributed by atoms with Crippen LogP contribution in [0.1, 0.15) is 38.3 Å². The highest BCUT2D eigenvalue weighted by Gasteiger charge is 2.29. The first kappa shape index (κ1) is 18.5. The van der Waals surface area contributed by atoms with Crippen LogP contribution in [0.2, 0.25) is 0 Å². The molecular formula is C14H21ClN2O5. The second-order valence-electron chi connectivity index (χ2n) is 5.59. The van der Waals surface area contributed by atoms with Crippen LogP contribution in [-0.2, 0) is 0 Å². The molecular weight excluding hydrogens is 312 g/mol. The third kappa shape index (κ3) is 4.00. The molecule has 7 nitrogen and oxygen atoms in total. The smallest absolute Gasteiger partial charge is 0.278 e. The third-order valence-corrected chi connectivity index (χ3v) is 3.53. The predicted molar refractivity (Wildman–Crippen MR) is 83.5 cm³/mol. The minimum absolute atomic E-state index is 0. The van der Waals surface area contributed by atoms with Gasteiger partial charge in [0.05, 0.1) is 28.7 Å². The van der Waals surface area contributed by atoms with Crippen LogP contribution in [0.25, 0.3) is 0 Å². The number of nitro benzene ring substituents is 1. The molecule has 124 valence electrons. The van der Waals surface area contributed by atoms with Gasteiger partial charge in [-0.15, -0.1) is 12.4 Å². The van der Waals surface area contributed by atoms with Crippen LogP contribution in [0, 0.1) is 16.0 Å². The van der Waals surface area contributed by atoms with Crippen molar-refractivity contribution in [1.29, 1.82) is 0 Å². The maximum absolute atomic E-state index is 11.2. The van der Waals surface area contributed by atoms with Crippen molar-refractivity contribution >= 4 is 18.1 Å². The lowest BCUT2D eigenvalue weighted by atomic mass is 9.94. The molecule has 2 atom stereocenters. The lowest BCUT2D eigenvalue weighted by Crippen LogP contribution is -2.27. The fraction of sp³-hybridized carbons (Fsp3) is 0.571. The van der Waals surface area contributed by atoms with Crippen LogP contribution >= 0.6 is 12.4 Å². The number of rotatable bonds is 6. The Hall–Kier alpha value is -1.57. The van der Waals surface area contributed by atoms with Crippen molar-refractivity contribution < 1.29 is 19.5 Å². The van der Waals surface area contributed by atoms with Gasteiger partial charge in [0.2, 0.25) is 6.79 Å². The molecule has 0 saturated heterocycles. The van der Waals surface area contributed by atoms with Gasteiger partial charge in [0.1, 0.15) is 0 Å². The van der Waals surface area contributed by atoms with Crippen molar-refractivity contribution in [3.05, 3.63) is 27.8 Å². The van der Waals surface area contributed by atoms with Crippen LogP contribution in [-0.4, -0.2) is 22.9 Å². The number of fused-ring (bicyclic) bond motifs is 1. The van der Waals surface area contributed by atoms with Gasteiger partial charge < -0.3 is 20.3 Å². The average Bonchev–Trinajstić information content (AvgIpc) is 2.89. The number of aliphatic hydroxyl groups is 1. The van der Waals surface area contributed by atoms with Gasteiger partial charge in [-0.3, -0.25) is 10.1 Å². The number of nitrogens with zero attached hydrogens (tertiary/aromatic N) is 1. The van der Waals surface area contributed by atoms with E-state index in [9.17, 15) is 15.2 Å². The van der Waals surface area contributed by atoms with E-state index in [2.05, 4.69) is 0 Å². The van der Waals surface area contributed by atoms with Crippen molar-refractivity contribution in [1.82, 2.24) is 0 Å². The number of aliphatic hydroxyl groups excluding tert-OH is 1. The zero-order valence-corrected chi connectivity index (χ0v) is 13.3. The lowest BCUT2D eigenvalue weighted by Gasteiger charge is -2.20. The van der Waals surface area contributed by atoms with E-state index >= 15 is 0 Å². The van der Waals surface area contributed by atoms with Crippen molar-refractivity contribution in [2.45, 2.75) is 38.8 Å². The van der Waals surface area contributed by atoms with Gasteiger partial charge in [-0.25, -0.2) is 0 Å². The van der Waals surface area contributed by atoms with Gasteiger partial charge >= 0.3 is 0 Å². The summed E-state index contributed by atoms with van der Waals surface area (Å²) in [5, 5.41) is 21.3. The first-order valence-electron chi connectivity index (χ1n) is 6.91. The van der Waals surface area contributed by atoms with Crippen LogP contribution < -0.4 is 15.2 Å². The summed E-state index contributed by atoms with van der Waals surface area (Å²) in [6, 6.07) is 1.95. The molecule has 1 aromatic carbocycles. The minimum Gasteiger partial charge on any atom is -0.454 e. The second-order valence-corrected chi connectivity index (χ2v) is 5.59. The molecule has 1 aromatic rings. The lowest BCUT2D eigenvalue weighted by molar-refractivity contribution is -0.385. The Morgan fingerprint density at radius 1 is 1.32 bits per heavy atom. The number of halogens is 1. The standard InChI is InChI=1S/C14H20N2O5.ClH/c1-8(2)3-4-11(17)14(15)9-5-12-13(21-7-20-12)6-10(9)16(18)19;/h5-6,8,11,14,17H,3-4,7,15H2,1-2H3;1H/t11-,14+;/m0./s1. The quantitative estimate of drug-likeness (QED) is 0.612. The van der Waals surface area contributed by atoms with E-state index in [-0.39, 0.29) is 30.5 Å². The molecule has 0 radical (unpaired) electrons. The van der Waals surface area contributed by atoms with Crippen molar-refractivity contribution in [3.63, 3.8) is 0 Å². The summed E-state index contributed by atoms with van der Waals surface area (Å²) in [6.45, 7) is 4.11. The molecule has 22 heavy (non-hydrogen) atoms. The highest BCUT2D eigenvalue weighted by Crippen LogP contribution is 2.40. The Bertz CT molecular complexity index is 538. The molecule has 1 aliphatic heterocycles. The van der Waals surface area contributed by atoms with E-state index in [0.29, 0.717) is 23.8 Å². The molecule has 0 fully saturated rings. The van der Waals surface area contributed by atoms with Gasteiger partial charge in [-0.2, -0.15) is 0 Å². The SMILES string of the molecule is CC(C)CC[C@H](O)[C@H](N)c1cc2c(cc1[N+](=O)[O-])OCO2.Cl. The van der Waals surface area contributed by atoms with Gasteiger partial charge in [0.15, 0.2) is 11.5 Å². The molecule has 0 aromatic heterocycles. The summed E-state index contributed by atoms with van der Waals surface area (Å²) in [5.74, 6) is 1.18. The van der Waals surface area contributed by atoms with Crippen LogP contribution in [0.15, 0.2) is 12.1 Å². The Kier molecular flexibility index (Phi) is 6.40. The minimum atomic E-state index is -0.841. The van der Waals surface area contributed by atoms with E-state index in [1.54, 1.807) is 0 Å². The molecule has 8 heteroatoms. The Balaban J connectivity index is 0.00000242. The van der Waals surface area contributed by atoms with E-state index in [4.69, 9.17) is 15.2 Å². The first-order valence-corrected chi connectivity index (χ1v) is 6.91. The molecule has 0 bridgehead atoms. The number of benzene rings is 1.